The number of nitrogens with two attached hydrogens (primary N) is 1. The summed E-state index contributed by atoms with van der Waals surface area (Å²) in [6.45, 7) is 5.67. The number of nitrogens with zero attached hydrogens (tertiary/aromatic N) is 3. The fraction of sp³-hybridized carbons (Fsp3) is 0.600. The smallest absolute Gasteiger partial charge is 0.205 e. The Morgan fingerprint density at radius 3 is 3.00 bits per heavy atom. The van der Waals surface area contributed by atoms with Gasteiger partial charge in [-0.1, -0.05) is 6.92 Å². The first-order valence-corrected chi connectivity index (χ1v) is 5.51. The van der Waals surface area contributed by atoms with E-state index in [1.807, 2.05) is 16.9 Å². The van der Waals surface area contributed by atoms with Crippen molar-refractivity contribution in [2.24, 2.45) is 10.8 Å². The second-order valence-electron chi connectivity index (χ2n) is 3.65. The molecule has 0 amide bonds. The fourth-order valence-electron chi connectivity index (χ4n) is 1.32. The van der Waals surface area contributed by atoms with Gasteiger partial charge in [0.2, 0.25) is 5.96 Å². The summed E-state index contributed by atoms with van der Waals surface area (Å²) in [7, 11) is 0. The van der Waals surface area contributed by atoms with E-state index in [0.717, 1.165) is 19.5 Å². The van der Waals surface area contributed by atoms with Gasteiger partial charge in [0.05, 0.1) is 6.54 Å². The summed E-state index contributed by atoms with van der Waals surface area (Å²) in [5.41, 5.74) is 2.56. The van der Waals surface area contributed by atoms with Crippen LogP contribution < -0.4 is 16.6 Å². The monoisotopic (exact) mass is 224 g/mol. The highest BCUT2D eigenvalue weighted by Crippen LogP contribution is 1.90. The lowest BCUT2D eigenvalue weighted by molar-refractivity contribution is 0.500. The van der Waals surface area contributed by atoms with E-state index in [0.29, 0.717) is 5.96 Å². The van der Waals surface area contributed by atoms with Crippen LogP contribution in [0.25, 0.3) is 0 Å². The van der Waals surface area contributed by atoms with E-state index in [1.54, 1.807) is 6.20 Å². The Kier molecular flexibility index (Phi) is 5.35. The molecule has 16 heavy (non-hydrogen) atoms. The average molecular weight is 224 g/mol. The molecule has 0 saturated heterocycles. The zero-order chi connectivity index (χ0) is 11.8. The molecule has 0 aliphatic rings. The predicted octanol–water partition coefficient (Wildman–Crippen LogP) is 0.0905. The van der Waals surface area contributed by atoms with Crippen molar-refractivity contribution in [1.29, 1.82) is 0 Å². The molecule has 90 valence electrons. The molecule has 0 aliphatic carbocycles. The molecule has 1 unspecified atom stereocenters. The second-order valence-corrected chi connectivity index (χ2v) is 3.65. The zero-order valence-electron chi connectivity index (χ0n) is 9.85. The highest BCUT2D eigenvalue weighted by molar-refractivity contribution is 5.79. The largest absolute Gasteiger partial charge is 0.351 e. The number of hydrogen-bond acceptors (Lipinski definition) is 3. The van der Waals surface area contributed by atoms with Crippen LogP contribution in [0.1, 0.15) is 20.3 Å². The van der Waals surface area contributed by atoms with Crippen LogP contribution in [-0.2, 0) is 6.54 Å². The molecule has 0 aromatic carbocycles. The van der Waals surface area contributed by atoms with Crippen molar-refractivity contribution in [3.63, 3.8) is 0 Å². The van der Waals surface area contributed by atoms with Gasteiger partial charge in [-0.2, -0.15) is 5.10 Å². The quantitative estimate of drug-likeness (QED) is 0.286. The van der Waals surface area contributed by atoms with Crippen LogP contribution in [0, 0.1) is 0 Å². The Bertz CT molecular complexity index is 305. The van der Waals surface area contributed by atoms with Crippen LogP contribution in [0.4, 0.5) is 0 Å². The molecule has 1 atom stereocenters. The third-order valence-corrected chi connectivity index (χ3v) is 2.03. The van der Waals surface area contributed by atoms with Crippen LogP contribution in [-0.4, -0.2) is 28.3 Å². The molecule has 6 heteroatoms. The molecule has 0 spiro atoms. The first-order chi connectivity index (χ1) is 7.76. The summed E-state index contributed by atoms with van der Waals surface area (Å²) in [6.07, 6.45) is 4.69. The predicted molar refractivity (Wildman–Crippen MR) is 64.7 cm³/mol. The Morgan fingerprint density at radius 1 is 1.62 bits per heavy atom. The van der Waals surface area contributed by atoms with Crippen molar-refractivity contribution >= 4 is 5.96 Å². The molecule has 1 rings (SSSR count). The number of hydrazine groups is 1. The van der Waals surface area contributed by atoms with Gasteiger partial charge < -0.3 is 5.32 Å². The SMILES string of the molecule is CCCN=C(NN)NC(C)Cn1cccn1. The summed E-state index contributed by atoms with van der Waals surface area (Å²) in [5, 5.41) is 7.33. The summed E-state index contributed by atoms with van der Waals surface area (Å²) in [4.78, 5) is 4.27. The molecule has 4 N–H and O–H groups in total. The highest BCUT2D eigenvalue weighted by atomic mass is 15.3. The third kappa shape index (κ3) is 4.31. The Labute approximate surface area is 95.9 Å². The number of aliphatic imine (C=N–C) groups is 1. The van der Waals surface area contributed by atoms with Gasteiger partial charge in [-0.05, 0) is 19.4 Å². The van der Waals surface area contributed by atoms with Crippen LogP contribution >= 0.6 is 0 Å². The average Bonchev–Trinajstić information content (AvgIpc) is 2.76. The van der Waals surface area contributed by atoms with Crippen molar-refractivity contribution in [2.75, 3.05) is 6.54 Å². The maximum absolute atomic E-state index is 5.37. The Balaban J connectivity index is 2.39. The minimum atomic E-state index is 0.214. The lowest BCUT2D eigenvalue weighted by atomic mass is 10.3. The molecule has 0 fully saturated rings. The van der Waals surface area contributed by atoms with Crippen LogP contribution in [0.5, 0.6) is 0 Å². The maximum atomic E-state index is 5.37. The number of rotatable bonds is 5. The standard InChI is InChI=1S/C10H20N6/c1-3-5-12-10(15-11)14-9(2)8-16-7-4-6-13-16/h4,6-7,9H,3,5,8,11H2,1-2H3,(H2,12,14,15). The molecule has 6 nitrogen and oxygen atoms in total. The van der Waals surface area contributed by atoms with E-state index in [-0.39, 0.29) is 6.04 Å². The van der Waals surface area contributed by atoms with Gasteiger partial charge in [0.25, 0.3) is 0 Å². The van der Waals surface area contributed by atoms with Gasteiger partial charge in [-0.15, -0.1) is 0 Å². The van der Waals surface area contributed by atoms with Gasteiger partial charge in [0, 0.05) is 25.0 Å². The number of guanidine groups is 1. The van der Waals surface area contributed by atoms with Gasteiger partial charge in [-0.3, -0.25) is 15.1 Å². The fourth-order valence-corrected chi connectivity index (χ4v) is 1.32. The molecule has 0 bridgehead atoms. The first kappa shape index (κ1) is 12.5. The van der Waals surface area contributed by atoms with Crippen molar-refractivity contribution < 1.29 is 0 Å². The lowest BCUT2D eigenvalue weighted by Gasteiger charge is -2.16. The minimum absolute atomic E-state index is 0.214. The van der Waals surface area contributed by atoms with E-state index in [1.165, 1.54) is 0 Å². The van der Waals surface area contributed by atoms with E-state index in [4.69, 9.17) is 5.84 Å². The van der Waals surface area contributed by atoms with Gasteiger partial charge in [0.15, 0.2) is 0 Å². The summed E-state index contributed by atoms with van der Waals surface area (Å²) in [5.74, 6) is 6.00. The summed E-state index contributed by atoms with van der Waals surface area (Å²) < 4.78 is 1.87. The molecule has 0 aliphatic heterocycles. The molecule has 0 radical (unpaired) electrons. The van der Waals surface area contributed by atoms with Crippen molar-refractivity contribution in [1.82, 2.24) is 20.5 Å². The molecule has 0 saturated carbocycles. The molecule has 1 heterocycles. The normalized spacial score (nSPS) is 13.6. The molecule has 1 aromatic rings. The molecular weight excluding hydrogens is 204 g/mol. The van der Waals surface area contributed by atoms with Crippen molar-refractivity contribution in [3.8, 4) is 0 Å². The highest BCUT2D eigenvalue weighted by Gasteiger charge is 2.04. The van der Waals surface area contributed by atoms with E-state index < -0.39 is 0 Å². The van der Waals surface area contributed by atoms with Crippen LogP contribution in [0.2, 0.25) is 0 Å². The molecule has 1 aromatic heterocycles. The number of aromatic nitrogens is 2. The van der Waals surface area contributed by atoms with E-state index in [9.17, 15) is 0 Å². The third-order valence-electron chi connectivity index (χ3n) is 2.03. The van der Waals surface area contributed by atoms with Gasteiger partial charge >= 0.3 is 0 Å². The summed E-state index contributed by atoms with van der Waals surface area (Å²) in [6, 6.07) is 2.12. The van der Waals surface area contributed by atoms with Crippen molar-refractivity contribution in [3.05, 3.63) is 18.5 Å². The first-order valence-electron chi connectivity index (χ1n) is 5.51. The lowest BCUT2D eigenvalue weighted by Crippen LogP contribution is -2.46. The molecular formula is C10H20N6. The van der Waals surface area contributed by atoms with E-state index >= 15 is 0 Å². The Hall–Kier alpha value is -1.56. The van der Waals surface area contributed by atoms with E-state index in [2.05, 4.69) is 34.7 Å². The Morgan fingerprint density at radius 2 is 2.44 bits per heavy atom. The van der Waals surface area contributed by atoms with Crippen molar-refractivity contribution in [2.45, 2.75) is 32.9 Å². The van der Waals surface area contributed by atoms with Gasteiger partial charge in [0.1, 0.15) is 0 Å². The number of nitrogens with one attached hydrogen (secondary N) is 2. The summed E-state index contributed by atoms with van der Waals surface area (Å²) >= 11 is 0. The zero-order valence-corrected chi connectivity index (χ0v) is 9.85. The minimum Gasteiger partial charge on any atom is -0.351 e. The van der Waals surface area contributed by atoms with Gasteiger partial charge in [-0.25, -0.2) is 5.84 Å². The second kappa shape index (κ2) is 6.84. The topological polar surface area (TPSA) is 80.3 Å². The van der Waals surface area contributed by atoms with Crippen LogP contribution in [0.3, 0.4) is 0 Å². The maximum Gasteiger partial charge on any atom is 0.205 e. The van der Waals surface area contributed by atoms with Crippen LogP contribution in [0.15, 0.2) is 23.5 Å². The number of hydrogen-bond donors (Lipinski definition) is 3.